The lowest BCUT2D eigenvalue weighted by Crippen LogP contribution is -2.23. The van der Waals surface area contributed by atoms with Gasteiger partial charge in [0.25, 0.3) is 5.91 Å². The van der Waals surface area contributed by atoms with Gasteiger partial charge in [0.05, 0.1) is 29.2 Å². The molecule has 0 bridgehead atoms. The number of benzene rings is 2. The van der Waals surface area contributed by atoms with Gasteiger partial charge in [0.15, 0.2) is 5.82 Å². The van der Waals surface area contributed by atoms with Crippen molar-refractivity contribution in [2.24, 2.45) is 0 Å². The Morgan fingerprint density at radius 3 is 2.65 bits per heavy atom. The van der Waals surface area contributed by atoms with E-state index in [1.165, 1.54) is 23.1 Å². The second kappa shape index (κ2) is 10.4. The maximum Gasteiger partial charge on any atom is 0.252 e. The number of carbonyl (C=O) groups is 1. The molecule has 2 aromatic carbocycles. The molecule has 3 heterocycles. The van der Waals surface area contributed by atoms with Crippen LogP contribution >= 0.6 is 23.1 Å². The monoisotopic (exact) mass is 485 g/mol. The van der Waals surface area contributed by atoms with Crippen LogP contribution in [0.15, 0.2) is 89.4 Å². The van der Waals surface area contributed by atoms with Crippen molar-refractivity contribution in [2.45, 2.75) is 17.2 Å². The number of amides is 1. The Hall–Kier alpha value is -3.89. The Labute approximate surface area is 204 Å². The molecule has 0 saturated heterocycles. The van der Waals surface area contributed by atoms with E-state index in [9.17, 15) is 4.79 Å². The van der Waals surface area contributed by atoms with Crippen LogP contribution in [-0.4, -0.2) is 36.1 Å². The Kier molecular flexibility index (Phi) is 6.68. The molecule has 0 radical (unpaired) electrons. The normalized spacial score (nSPS) is 10.8. The summed E-state index contributed by atoms with van der Waals surface area (Å²) in [6.45, 7) is 0.361. The number of carbonyl (C=O) groups excluding carboxylic acids is 1. The molecular weight excluding hydrogens is 466 g/mol. The summed E-state index contributed by atoms with van der Waals surface area (Å²) < 4.78 is 1.71. The summed E-state index contributed by atoms with van der Waals surface area (Å²) in [6.07, 6.45) is 3.48. The van der Waals surface area contributed by atoms with Gasteiger partial charge in [-0.2, -0.15) is 4.68 Å². The molecule has 0 aliphatic heterocycles. The highest BCUT2D eigenvalue weighted by Crippen LogP contribution is 2.26. The van der Waals surface area contributed by atoms with Gasteiger partial charge in [0.1, 0.15) is 5.01 Å². The van der Waals surface area contributed by atoms with Gasteiger partial charge in [-0.3, -0.25) is 9.78 Å². The van der Waals surface area contributed by atoms with E-state index in [-0.39, 0.29) is 5.91 Å². The van der Waals surface area contributed by atoms with E-state index >= 15 is 0 Å². The number of rotatable bonds is 8. The number of aromatic nitrogens is 6. The maximum atomic E-state index is 13.0. The number of hydrogen-bond acceptors (Lipinski definition) is 8. The van der Waals surface area contributed by atoms with Crippen molar-refractivity contribution >= 4 is 29.0 Å². The highest BCUT2D eigenvalue weighted by molar-refractivity contribution is 7.98. The summed E-state index contributed by atoms with van der Waals surface area (Å²) in [5, 5.41) is 17.9. The van der Waals surface area contributed by atoms with E-state index in [2.05, 4.69) is 30.8 Å². The number of thioether (sulfide) groups is 1. The highest BCUT2D eigenvalue weighted by Gasteiger charge is 2.15. The van der Waals surface area contributed by atoms with Gasteiger partial charge in [0, 0.05) is 28.2 Å². The molecule has 34 heavy (non-hydrogen) atoms. The summed E-state index contributed by atoms with van der Waals surface area (Å²) in [5.74, 6) is 1.08. The highest BCUT2D eigenvalue weighted by atomic mass is 32.2. The molecule has 10 heteroatoms. The van der Waals surface area contributed by atoms with E-state index in [4.69, 9.17) is 0 Å². The van der Waals surface area contributed by atoms with Crippen LogP contribution in [0.5, 0.6) is 0 Å². The molecule has 168 valence electrons. The molecule has 0 aliphatic rings. The van der Waals surface area contributed by atoms with E-state index in [1.807, 2.05) is 72.1 Å². The molecule has 0 fully saturated rings. The van der Waals surface area contributed by atoms with Crippen molar-refractivity contribution in [3.05, 3.63) is 101 Å². The zero-order chi connectivity index (χ0) is 23.2. The van der Waals surface area contributed by atoms with E-state index in [0.717, 1.165) is 26.8 Å². The first-order valence-electron chi connectivity index (χ1n) is 10.5. The first-order chi connectivity index (χ1) is 16.8. The molecule has 0 spiro atoms. The van der Waals surface area contributed by atoms with Crippen LogP contribution in [0.25, 0.3) is 16.9 Å². The second-order valence-corrected chi connectivity index (χ2v) is 9.13. The molecular formula is C24H19N7OS2. The SMILES string of the molecule is O=C(NCc1nc(-c2ccncc2)cs1)c1ccccc1SCc1nnnn1-c1ccccc1. The van der Waals surface area contributed by atoms with Gasteiger partial charge >= 0.3 is 0 Å². The standard InChI is InChI=1S/C24H19N7OS2/c32-24(26-14-23-27-20(15-34-23)17-10-12-25-13-11-17)19-8-4-5-9-21(19)33-16-22-28-29-30-31(22)18-6-2-1-3-7-18/h1-13,15H,14,16H2,(H,26,32). The third kappa shape index (κ3) is 5.03. The predicted octanol–water partition coefficient (Wildman–Crippen LogP) is 4.40. The fraction of sp³-hybridized carbons (Fsp3) is 0.0833. The summed E-state index contributed by atoms with van der Waals surface area (Å²) in [4.78, 5) is 22.5. The minimum absolute atomic E-state index is 0.147. The number of tetrazole rings is 1. The molecule has 1 amide bonds. The predicted molar refractivity (Wildman–Crippen MR) is 132 cm³/mol. The van der Waals surface area contributed by atoms with Crippen LogP contribution in [0.1, 0.15) is 21.2 Å². The van der Waals surface area contributed by atoms with Crippen molar-refractivity contribution in [2.75, 3.05) is 0 Å². The van der Waals surface area contributed by atoms with Gasteiger partial charge in [-0.15, -0.1) is 28.2 Å². The van der Waals surface area contributed by atoms with Crippen molar-refractivity contribution < 1.29 is 4.79 Å². The molecule has 1 N–H and O–H groups in total. The van der Waals surface area contributed by atoms with Crippen LogP contribution in [0, 0.1) is 0 Å². The van der Waals surface area contributed by atoms with Crippen LogP contribution in [0.2, 0.25) is 0 Å². The van der Waals surface area contributed by atoms with Crippen molar-refractivity contribution in [1.82, 2.24) is 35.5 Å². The largest absolute Gasteiger partial charge is 0.345 e. The minimum Gasteiger partial charge on any atom is -0.345 e. The molecule has 3 aromatic heterocycles. The molecule has 0 unspecified atom stereocenters. The molecule has 0 saturated carbocycles. The summed E-state index contributed by atoms with van der Waals surface area (Å²) in [7, 11) is 0. The average Bonchev–Trinajstić information content (AvgIpc) is 3.57. The fourth-order valence-corrected chi connectivity index (χ4v) is 4.98. The maximum absolute atomic E-state index is 13.0. The lowest BCUT2D eigenvalue weighted by atomic mass is 10.2. The lowest BCUT2D eigenvalue weighted by molar-refractivity contribution is 0.0948. The van der Waals surface area contributed by atoms with Crippen molar-refractivity contribution in [3.8, 4) is 16.9 Å². The quantitative estimate of drug-likeness (QED) is 0.325. The first-order valence-corrected chi connectivity index (χ1v) is 12.3. The average molecular weight is 486 g/mol. The summed E-state index contributed by atoms with van der Waals surface area (Å²) >= 11 is 3.04. The zero-order valence-corrected chi connectivity index (χ0v) is 19.5. The topological polar surface area (TPSA) is 98.5 Å². The number of para-hydroxylation sites is 1. The second-order valence-electron chi connectivity index (χ2n) is 7.17. The van der Waals surface area contributed by atoms with Crippen LogP contribution in [0.4, 0.5) is 0 Å². The Bertz CT molecular complexity index is 1390. The van der Waals surface area contributed by atoms with E-state index in [1.54, 1.807) is 17.1 Å². The Balaban J connectivity index is 1.24. The Morgan fingerprint density at radius 1 is 1.00 bits per heavy atom. The molecule has 0 atom stereocenters. The van der Waals surface area contributed by atoms with Gasteiger partial charge in [-0.1, -0.05) is 30.3 Å². The lowest BCUT2D eigenvalue weighted by Gasteiger charge is -2.09. The van der Waals surface area contributed by atoms with Crippen molar-refractivity contribution in [1.29, 1.82) is 0 Å². The van der Waals surface area contributed by atoms with Crippen molar-refractivity contribution in [3.63, 3.8) is 0 Å². The summed E-state index contributed by atoms with van der Waals surface area (Å²) in [5.41, 5.74) is 3.38. The zero-order valence-electron chi connectivity index (χ0n) is 17.9. The van der Waals surface area contributed by atoms with Gasteiger partial charge in [0.2, 0.25) is 0 Å². The number of thiazole rings is 1. The number of pyridine rings is 1. The minimum atomic E-state index is -0.147. The van der Waals surface area contributed by atoms with E-state index < -0.39 is 0 Å². The number of nitrogens with zero attached hydrogens (tertiary/aromatic N) is 6. The first kappa shape index (κ1) is 21.9. The van der Waals surface area contributed by atoms with Crippen LogP contribution in [-0.2, 0) is 12.3 Å². The smallest absolute Gasteiger partial charge is 0.252 e. The van der Waals surface area contributed by atoms with Gasteiger partial charge in [-0.05, 0) is 46.8 Å². The summed E-state index contributed by atoms with van der Waals surface area (Å²) in [6, 6.07) is 21.1. The third-order valence-corrected chi connectivity index (χ3v) is 6.87. The molecule has 5 aromatic rings. The Morgan fingerprint density at radius 2 is 1.79 bits per heavy atom. The number of nitrogens with one attached hydrogen (secondary N) is 1. The fourth-order valence-electron chi connectivity index (χ4n) is 3.29. The van der Waals surface area contributed by atoms with Crippen LogP contribution < -0.4 is 5.32 Å². The van der Waals surface area contributed by atoms with Gasteiger partial charge in [-0.25, -0.2) is 4.98 Å². The number of hydrogen-bond donors (Lipinski definition) is 1. The van der Waals surface area contributed by atoms with Gasteiger partial charge < -0.3 is 5.32 Å². The molecule has 8 nitrogen and oxygen atoms in total. The molecule has 0 aliphatic carbocycles. The third-order valence-electron chi connectivity index (χ3n) is 4.95. The van der Waals surface area contributed by atoms with Crippen LogP contribution in [0.3, 0.4) is 0 Å². The molecule has 5 rings (SSSR count). The van der Waals surface area contributed by atoms with E-state index in [0.29, 0.717) is 23.7 Å².